The lowest BCUT2D eigenvalue weighted by Gasteiger charge is -2.40. The molecule has 208 valence electrons. The van der Waals surface area contributed by atoms with Crippen molar-refractivity contribution in [1.82, 2.24) is 4.90 Å². The van der Waals surface area contributed by atoms with Crippen LogP contribution >= 0.6 is 0 Å². The lowest BCUT2D eigenvalue weighted by molar-refractivity contribution is -0.155. The van der Waals surface area contributed by atoms with Gasteiger partial charge in [0.05, 0.1) is 5.92 Å². The van der Waals surface area contributed by atoms with Gasteiger partial charge in [0.1, 0.15) is 12.4 Å². The van der Waals surface area contributed by atoms with Crippen LogP contribution in [0.4, 0.5) is 0 Å². The Morgan fingerprint density at radius 2 is 1.44 bits per heavy atom. The van der Waals surface area contributed by atoms with Crippen LogP contribution in [0.2, 0.25) is 0 Å². The van der Waals surface area contributed by atoms with E-state index < -0.39 is 35.5 Å². The van der Waals surface area contributed by atoms with Crippen molar-refractivity contribution in [2.24, 2.45) is 5.92 Å². The summed E-state index contributed by atoms with van der Waals surface area (Å²) in [6, 6.07) is 34.4. The molecule has 7 nitrogen and oxygen atoms in total. The first kappa shape index (κ1) is 27.6. The lowest BCUT2D eigenvalue weighted by atomic mass is 9.76. The molecule has 1 amide bonds. The highest BCUT2D eigenvalue weighted by molar-refractivity contribution is 6.02. The van der Waals surface area contributed by atoms with Crippen molar-refractivity contribution in [2.45, 2.75) is 38.1 Å². The minimum absolute atomic E-state index is 0.0441. The zero-order valence-corrected chi connectivity index (χ0v) is 22.7. The second-order valence-electron chi connectivity index (χ2n) is 10.0. The van der Waals surface area contributed by atoms with Gasteiger partial charge >= 0.3 is 11.9 Å². The van der Waals surface area contributed by atoms with Crippen molar-refractivity contribution in [3.05, 3.63) is 138 Å². The van der Waals surface area contributed by atoms with Crippen LogP contribution < -0.4 is 4.74 Å². The zero-order valence-electron chi connectivity index (χ0n) is 22.7. The van der Waals surface area contributed by atoms with E-state index in [-0.39, 0.29) is 12.8 Å². The van der Waals surface area contributed by atoms with Gasteiger partial charge in [0, 0.05) is 17.5 Å². The molecule has 1 fully saturated rings. The number of carboxylic acids is 1. The number of carboxylic acid groups (broad SMARTS) is 1. The van der Waals surface area contributed by atoms with Gasteiger partial charge in [0.25, 0.3) is 5.91 Å². The molecule has 0 bridgehead atoms. The summed E-state index contributed by atoms with van der Waals surface area (Å²) >= 11 is 0. The maximum atomic E-state index is 14.2. The summed E-state index contributed by atoms with van der Waals surface area (Å²) in [4.78, 5) is 42.2. The molecule has 4 aromatic carbocycles. The Bertz CT molecular complexity index is 1490. The Morgan fingerprint density at radius 1 is 0.854 bits per heavy atom. The first-order valence-electron chi connectivity index (χ1n) is 13.6. The van der Waals surface area contributed by atoms with E-state index in [0.717, 1.165) is 5.56 Å². The van der Waals surface area contributed by atoms with Gasteiger partial charge in [-0.05, 0) is 41.8 Å². The molecule has 7 heteroatoms. The molecular formula is C34H31NO6. The van der Waals surface area contributed by atoms with E-state index in [2.05, 4.69) is 0 Å². The quantitative estimate of drug-likeness (QED) is 0.242. The Balaban J connectivity index is 1.55. The number of aliphatic carboxylic acids is 1. The van der Waals surface area contributed by atoms with Crippen LogP contribution in [0.5, 0.6) is 5.75 Å². The second kappa shape index (κ2) is 12.1. The average Bonchev–Trinajstić information content (AvgIpc) is 3.29. The molecule has 3 unspecified atom stereocenters. The highest BCUT2D eigenvalue weighted by atomic mass is 16.6. The number of rotatable bonds is 10. The maximum absolute atomic E-state index is 14.2. The number of cyclic esters (lactones) is 1. The summed E-state index contributed by atoms with van der Waals surface area (Å²) < 4.78 is 11.8. The number of carbonyl (C=O) groups excluding carboxylic acids is 2. The number of benzene rings is 4. The van der Waals surface area contributed by atoms with Crippen molar-refractivity contribution in [3.8, 4) is 5.75 Å². The SMILES string of the molecule is CCC(C(=O)O)C1(Cc2ccc(OCc3ccccc3)cc2)C(=O)OC(c2ccccc2)N1C(=O)c1ccccc1. The highest BCUT2D eigenvalue weighted by Gasteiger charge is 2.63. The van der Waals surface area contributed by atoms with Crippen LogP contribution in [0.3, 0.4) is 0 Å². The van der Waals surface area contributed by atoms with Crippen molar-refractivity contribution >= 4 is 17.8 Å². The van der Waals surface area contributed by atoms with E-state index >= 15 is 0 Å². The summed E-state index contributed by atoms with van der Waals surface area (Å²) in [5.74, 6) is -2.98. The molecule has 0 aromatic heterocycles. The molecule has 0 saturated carbocycles. The third-order valence-electron chi connectivity index (χ3n) is 7.49. The Labute approximate surface area is 239 Å². The van der Waals surface area contributed by atoms with E-state index in [4.69, 9.17) is 9.47 Å². The monoisotopic (exact) mass is 549 g/mol. The smallest absolute Gasteiger partial charge is 0.335 e. The molecule has 5 rings (SSSR count). The van der Waals surface area contributed by atoms with E-state index in [1.165, 1.54) is 4.90 Å². The van der Waals surface area contributed by atoms with Gasteiger partial charge in [-0.1, -0.05) is 97.9 Å². The first-order chi connectivity index (χ1) is 19.9. The molecule has 1 heterocycles. The molecule has 1 aliphatic rings. The molecule has 1 saturated heterocycles. The summed E-state index contributed by atoms with van der Waals surface area (Å²) in [5.41, 5.74) is 0.824. The Kier molecular flexibility index (Phi) is 8.15. The van der Waals surface area contributed by atoms with E-state index in [9.17, 15) is 19.5 Å². The number of nitrogens with zero attached hydrogens (tertiary/aromatic N) is 1. The van der Waals surface area contributed by atoms with E-state index in [1.54, 1.807) is 85.8 Å². The molecule has 3 atom stereocenters. The van der Waals surface area contributed by atoms with Gasteiger partial charge in [0.15, 0.2) is 5.54 Å². The third-order valence-corrected chi connectivity index (χ3v) is 7.49. The fourth-order valence-corrected chi connectivity index (χ4v) is 5.47. The zero-order chi connectivity index (χ0) is 28.8. The maximum Gasteiger partial charge on any atom is 0.335 e. The van der Waals surface area contributed by atoms with E-state index in [1.807, 2.05) is 36.4 Å². The molecule has 1 aliphatic heterocycles. The lowest BCUT2D eigenvalue weighted by Crippen LogP contribution is -2.60. The topological polar surface area (TPSA) is 93.1 Å². The number of carbonyl (C=O) groups is 3. The molecular weight excluding hydrogens is 518 g/mol. The van der Waals surface area contributed by atoms with Crippen LogP contribution in [-0.2, 0) is 27.4 Å². The highest BCUT2D eigenvalue weighted by Crippen LogP contribution is 2.46. The first-order valence-corrected chi connectivity index (χ1v) is 13.6. The fourth-order valence-electron chi connectivity index (χ4n) is 5.47. The third kappa shape index (κ3) is 5.57. The number of hydrogen-bond acceptors (Lipinski definition) is 5. The van der Waals surface area contributed by atoms with Gasteiger partial charge in [0.2, 0.25) is 6.23 Å². The van der Waals surface area contributed by atoms with E-state index in [0.29, 0.717) is 29.0 Å². The Hall–Kier alpha value is -4.91. The molecule has 1 N–H and O–H groups in total. The largest absolute Gasteiger partial charge is 0.489 e. The number of amides is 1. The van der Waals surface area contributed by atoms with Gasteiger partial charge in [-0.3, -0.25) is 14.5 Å². The molecule has 41 heavy (non-hydrogen) atoms. The number of ether oxygens (including phenoxy) is 2. The van der Waals surface area contributed by atoms with Crippen LogP contribution in [-0.4, -0.2) is 33.4 Å². The summed E-state index contributed by atoms with van der Waals surface area (Å²) in [6.45, 7) is 2.10. The molecule has 0 spiro atoms. The second-order valence-corrected chi connectivity index (χ2v) is 10.0. The molecule has 0 aliphatic carbocycles. The Morgan fingerprint density at radius 3 is 2.02 bits per heavy atom. The fraction of sp³-hybridized carbons (Fsp3) is 0.206. The molecule has 0 radical (unpaired) electrons. The van der Waals surface area contributed by atoms with Crippen molar-refractivity contribution in [2.75, 3.05) is 0 Å². The van der Waals surface area contributed by atoms with Gasteiger partial charge in [-0.15, -0.1) is 0 Å². The summed E-state index contributed by atoms with van der Waals surface area (Å²) in [6.07, 6.45) is -1.02. The molecule has 4 aromatic rings. The average molecular weight is 550 g/mol. The predicted octanol–water partition coefficient (Wildman–Crippen LogP) is 6.06. The number of hydrogen-bond donors (Lipinski definition) is 1. The number of esters is 1. The van der Waals surface area contributed by atoms with Crippen LogP contribution in [0.15, 0.2) is 115 Å². The predicted molar refractivity (Wildman–Crippen MR) is 153 cm³/mol. The van der Waals surface area contributed by atoms with Crippen molar-refractivity contribution < 1.29 is 29.0 Å². The standard InChI is InChI=1S/C34H31NO6/c1-2-29(32(37)38)34(22-24-18-20-28(21-19-24)40-23-25-12-6-3-7-13-25)33(39)41-31(27-16-10-5-11-17-27)35(34)30(36)26-14-8-4-9-15-26/h3-21,29,31H,2,22-23H2,1H3,(H,37,38). The van der Waals surface area contributed by atoms with Crippen molar-refractivity contribution in [1.29, 1.82) is 0 Å². The normalized spacial score (nSPS) is 18.9. The summed E-state index contributed by atoms with van der Waals surface area (Å²) in [7, 11) is 0. The van der Waals surface area contributed by atoms with Crippen molar-refractivity contribution in [3.63, 3.8) is 0 Å². The minimum Gasteiger partial charge on any atom is -0.489 e. The van der Waals surface area contributed by atoms with Crippen LogP contribution in [0, 0.1) is 5.92 Å². The minimum atomic E-state index is -1.79. The van der Waals surface area contributed by atoms with Crippen LogP contribution in [0.1, 0.15) is 46.6 Å². The van der Waals surface area contributed by atoms with Gasteiger partial charge < -0.3 is 14.6 Å². The van der Waals surface area contributed by atoms with Gasteiger partial charge in [-0.2, -0.15) is 0 Å². The van der Waals surface area contributed by atoms with Gasteiger partial charge in [-0.25, -0.2) is 4.79 Å². The van der Waals surface area contributed by atoms with Crippen LogP contribution in [0.25, 0.3) is 0 Å². The summed E-state index contributed by atoms with van der Waals surface area (Å²) in [5, 5.41) is 10.4.